The molecule has 0 radical (unpaired) electrons. The van der Waals surface area contributed by atoms with Crippen molar-refractivity contribution in [1.29, 1.82) is 0 Å². The Morgan fingerprint density at radius 2 is 0.812 bits per heavy atom. The normalized spacial score (nSPS) is 12.1. The predicted octanol–water partition coefficient (Wildman–Crippen LogP) is 13.3. The van der Waals surface area contributed by atoms with E-state index in [0.29, 0.717) is 0 Å². The molecule has 13 aromatic rings. The number of benzene rings is 10. The molecule has 0 aliphatic carbocycles. The first kappa shape index (κ1) is 36.9. The van der Waals surface area contributed by atoms with E-state index in [-0.39, 0.29) is 0 Å². The molecule has 0 bridgehead atoms. The van der Waals surface area contributed by atoms with Crippen LogP contribution in [0.3, 0.4) is 0 Å². The van der Waals surface area contributed by atoms with Crippen molar-refractivity contribution in [2.75, 3.05) is 0 Å². The van der Waals surface area contributed by atoms with E-state index in [4.69, 9.17) is 0 Å². The van der Waals surface area contributed by atoms with Crippen LogP contribution in [0.25, 0.3) is 86.3 Å². The van der Waals surface area contributed by atoms with Gasteiger partial charge in [-0.15, -0.1) is 11.3 Å². The molecule has 10 aromatic carbocycles. The minimum Gasteiger partial charge on any atom is -0.309 e. The standard InChI is InChI=1S/C60H40N2SSi/c1-4-19-44(20-5-1)64(45-21-6-2-7-22-45,46-23-8-3-9-24-46)47-25-16-18-43(40-47)61-54-30-14-11-28-51(54)60-55(61)31-17-32-56(60)62-53-29-13-10-26-48(53)49-36-34-42(39-57(49)62)41-35-37-59-52(38-41)50-27-12-15-33-58(50)63-59/h1-40H. The molecule has 0 unspecified atom stereocenters. The van der Waals surface area contributed by atoms with Gasteiger partial charge in [-0.05, 0) is 92.5 Å². The number of hydrogen-bond acceptors (Lipinski definition) is 1. The maximum Gasteiger partial charge on any atom is 0.179 e. The van der Waals surface area contributed by atoms with Gasteiger partial charge in [0.05, 0.1) is 27.8 Å². The van der Waals surface area contributed by atoms with Crippen LogP contribution in [0.15, 0.2) is 243 Å². The van der Waals surface area contributed by atoms with Crippen LogP contribution in [0.5, 0.6) is 0 Å². The summed E-state index contributed by atoms with van der Waals surface area (Å²) < 4.78 is 7.66. The van der Waals surface area contributed by atoms with E-state index in [2.05, 4.69) is 252 Å². The van der Waals surface area contributed by atoms with Gasteiger partial charge in [0.15, 0.2) is 8.07 Å². The summed E-state index contributed by atoms with van der Waals surface area (Å²) in [5.41, 5.74) is 9.53. The molecule has 0 fully saturated rings. The molecule has 4 heteroatoms. The van der Waals surface area contributed by atoms with Crippen LogP contribution in [-0.4, -0.2) is 17.2 Å². The second-order valence-electron chi connectivity index (χ2n) is 16.8. The second kappa shape index (κ2) is 14.7. The monoisotopic (exact) mass is 848 g/mol. The van der Waals surface area contributed by atoms with Crippen LogP contribution in [0.2, 0.25) is 0 Å². The molecule has 13 rings (SSSR count). The van der Waals surface area contributed by atoms with Crippen LogP contribution >= 0.6 is 11.3 Å². The van der Waals surface area contributed by atoms with E-state index < -0.39 is 8.07 Å². The Morgan fingerprint density at radius 1 is 0.297 bits per heavy atom. The Labute approximate surface area is 376 Å². The maximum atomic E-state index is 2.51. The third-order valence-corrected chi connectivity index (χ3v) is 19.4. The Kier molecular flexibility index (Phi) is 8.45. The fourth-order valence-corrected chi connectivity index (χ4v) is 16.6. The Balaban J connectivity index is 1.05. The van der Waals surface area contributed by atoms with Crippen molar-refractivity contribution in [3.8, 4) is 22.5 Å². The average Bonchev–Trinajstić information content (AvgIpc) is 4.03. The SMILES string of the molecule is c1ccc([Si](c2ccccc2)(c2ccccc2)c2cccc(-n3c4ccccc4c4c(-n5c6ccccc6c6ccc(-c7ccc8sc9ccccc9c8c7)cc65)cccc43)c2)cc1. The van der Waals surface area contributed by atoms with Gasteiger partial charge in [-0.1, -0.05) is 182 Å². The average molecular weight is 849 g/mol. The highest BCUT2D eigenvalue weighted by molar-refractivity contribution is 7.25. The minimum absolute atomic E-state index is 1.15. The molecular formula is C60H40N2SSi. The summed E-state index contributed by atoms with van der Waals surface area (Å²) in [5.74, 6) is 0. The summed E-state index contributed by atoms with van der Waals surface area (Å²) in [7, 11) is -2.77. The molecule has 0 N–H and O–H groups in total. The van der Waals surface area contributed by atoms with Crippen LogP contribution in [-0.2, 0) is 0 Å². The fourth-order valence-electron chi connectivity index (χ4n) is 10.7. The molecule has 2 nitrogen and oxygen atoms in total. The molecule has 0 saturated carbocycles. The first-order chi connectivity index (χ1) is 31.8. The van der Waals surface area contributed by atoms with E-state index >= 15 is 0 Å². The second-order valence-corrected chi connectivity index (χ2v) is 21.7. The van der Waals surface area contributed by atoms with Crippen LogP contribution in [0, 0.1) is 0 Å². The summed E-state index contributed by atoms with van der Waals surface area (Å²) in [5, 5.41) is 13.0. The first-order valence-electron chi connectivity index (χ1n) is 22.0. The molecule has 0 atom stereocenters. The predicted molar refractivity (Wildman–Crippen MR) is 277 cm³/mol. The molecule has 0 aliphatic heterocycles. The number of nitrogens with zero attached hydrogens (tertiary/aromatic N) is 2. The molecule has 3 aromatic heterocycles. The zero-order valence-corrected chi connectivity index (χ0v) is 36.7. The quantitative estimate of drug-likeness (QED) is 0.112. The summed E-state index contributed by atoms with van der Waals surface area (Å²) in [4.78, 5) is 0. The zero-order chi connectivity index (χ0) is 42.2. The van der Waals surface area contributed by atoms with Crippen LogP contribution in [0.1, 0.15) is 0 Å². The summed E-state index contributed by atoms with van der Waals surface area (Å²) >= 11 is 1.87. The Morgan fingerprint density at radius 3 is 1.53 bits per heavy atom. The molecular weight excluding hydrogens is 809 g/mol. The number of hydrogen-bond donors (Lipinski definition) is 0. The molecule has 3 heterocycles. The summed E-state index contributed by atoms with van der Waals surface area (Å²) in [6, 6.07) is 90.5. The van der Waals surface area contributed by atoms with E-state index in [0.717, 1.165) is 5.69 Å². The van der Waals surface area contributed by atoms with Crippen molar-refractivity contribution in [2.45, 2.75) is 0 Å². The molecule has 0 aliphatic rings. The van der Waals surface area contributed by atoms with Crippen molar-refractivity contribution < 1.29 is 0 Å². The number of rotatable bonds is 7. The van der Waals surface area contributed by atoms with E-state index in [1.165, 1.54) is 101 Å². The van der Waals surface area contributed by atoms with Gasteiger partial charge in [-0.3, -0.25) is 0 Å². The van der Waals surface area contributed by atoms with Gasteiger partial charge in [0, 0.05) is 47.4 Å². The lowest BCUT2D eigenvalue weighted by Crippen LogP contribution is -2.74. The zero-order valence-electron chi connectivity index (χ0n) is 34.9. The lowest BCUT2D eigenvalue weighted by atomic mass is 10.0. The summed E-state index contributed by atoms with van der Waals surface area (Å²) in [6.45, 7) is 0. The molecule has 0 spiro atoms. The van der Waals surface area contributed by atoms with E-state index in [9.17, 15) is 0 Å². The molecule has 300 valence electrons. The number of fused-ring (bicyclic) bond motifs is 9. The highest BCUT2D eigenvalue weighted by atomic mass is 32.1. The Bertz CT molecular complexity index is 3800. The third kappa shape index (κ3) is 5.50. The third-order valence-electron chi connectivity index (χ3n) is 13.5. The van der Waals surface area contributed by atoms with Gasteiger partial charge >= 0.3 is 0 Å². The number of para-hydroxylation sites is 2. The van der Waals surface area contributed by atoms with Crippen molar-refractivity contribution in [2.24, 2.45) is 0 Å². The fraction of sp³-hybridized carbons (Fsp3) is 0. The minimum atomic E-state index is -2.77. The highest BCUT2D eigenvalue weighted by Gasteiger charge is 2.41. The lowest BCUT2D eigenvalue weighted by molar-refractivity contribution is 1.17. The smallest absolute Gasteiger partial charge is 0.179 e. The molecule has 0 saturated heterocycles. The van der Waals surface area contributed by atoms with Crippen molar-refractivity contribution in [3.05, 3.63) is 243 Å². The highest BCUT2D eigenvalue weighted by Crippen LogP contribution is 2.42. The molecule has 64 heavy (non-hydrogen) atoms. The Hall–Kier alpha value is -7.76. The van der Waals surface area contributed by atoms with Gasteiger partial charge in [0.1, 0.15) is 0 Å². The van der Waals surface area contributed by atoms with Gasteiger partial charge in [-0.2, -0.15) is 0 Å². The molecule has 0 amide bonds. The van der Waals surface area contributed by atoms with Gasteiger partial charge in [-0.25, -0.2) is 0 Å². The maximum absolute atomic E-state index is 2.77. The van der Waals surface area contributed by atoms with E-state index in [1.54, 1.807) is 0 Å². The van der Waals surface area contributed by atoms with Gasteiger partial charge in [0.2, 0.25) is 0 Å². The van der Waals surface area contributed by atoms with Crippen molar-refractivity contribution >= 4 is 104 Å². The van der Waals surface area contributed by atoms with Crippen LogP contribution in [0.4, 0.5) is 0 Å². The lowest BCUT2D eigenvalue weighted by Gasteiger charge is -2.34. The first-order valence-corrected chi connectivity index (χ1v) is 24.8. The van der Waals surface area contributed by atoms with E-state index in [1.807, 2.05) is 11.3 Å². The van der Waals surface area contributed by atoms with Gasteiger partial charge in [0.25, 0.3) is 0 Å². The number of aromatic nitrogens is 2. The summed E-state index contributed by atoms with van der Waals surface area (Å²) in [6.07, 6.45) is 0. The van der Waals surface area contributed by atoms with Crippen LogP contribution < -0.4 is 20.7 Å². The van der Waals surface area contributed by atoms with Crippen molar-refractivity contribution in [1.82, 2.24) is 9.13 Å². The largest absolute Gasteiger partial charge is 0.309 e. The van der Waals surface area contributed by atoms with Gasteiger partial charge < -0.3 is 9.13 Å². The number of thiophene rings is 1. The topological polar surface area (TPSA) is 9.86 Å². The van der Waals surface area contributed by atoms with Crippen molar-refractivity contribution in [3.63, 3.8) is 0 Å².